The zero-order chi connectivity index (χ0) is 20.5. The van der Waals surface area contributed by atoms with E-state index in [4.69, 9.17) is 4.98 Å². The van der Waals surface area contributed by atoms with Crippen LogP contribution in [-0.2, 0) is 4.79 Å². The van der Waals surface area contributed by atoms with Crippen molar-refractivity contribution in [2.75, 3.05) is 5.75 Å². The molecule has 0 bridgehead atoms. The van der Waals surface area contributed by atoms with Crippen molar-refractivity contribution >= 4 is 50.6 Å². The summed E-state index contributed by atoms with van der Waals surface area (Å²) in [6.45, 7) is 6.03. The molecule has 29 heavy (non-hydrogen) atoms. The third-order valence-electron chi connectivity index (χ3n) is 5.57. The minimum absolute atomic E-state index is 0.0156. The predicted octanol–water partition coefficient (Wildman–Crippen LogP) is 5.22. The lowest BCUT2D eigenvalue weighted by atomic mass is 10.2. The van der Waals surface area contributed by atoms with Gasteiger partial charge in [0.15, 0.2) is 5.16 Å². The zero-order valence-corrected chi connectivity index (χ0v) is 19.3. The van der Waals surface area contributed by atoms with Crippen LogP contribution in [0.15, 0.2) is 27.5 Å². The van der Waals surface area contributed by atoms with E-state index in [-0.39, 0.29) is 29.3 Å². The van der Waals surface area contributed by atoms with Gasteiger partial charge in [0, 0.05) is 15.8 Å². The number of aromatic nitrogens is 2. The van der Waals surface area contributed by atoms with E-state index in [2.05, 4.69) is 5.32 Å². The Morgan fingerprint density at radius 1 is 1.38 bits per heavy atom. The SMILES string of the molecule is Cc1sc2nc(SCC(=O)NC(C)c3cccs3)n(C3CCCC3)c(=O)c2c1C. The summed E-state index contributed by atoms with van der Waals surface area (Å²) in [6.07, 6.45) is 4.29. The number of thiophene rings is 2. The van der Waals surface area contributed by atoms with Gasteiger partial charge in [0.1, 0.15) is 4.83 Å². The maximum atomic E-state index is 13.4. The number of hydrogen-bond acceptors (Lipinski definition) is 6. The van der Waals surface area contributed by atoms with Crippen molar-refractivity contribution in [3.63, 3.8) is 0 Å². The van der Waals surface area contributed by atoms with Gasteiger partial charge in [-0.2, -0.15) is 0 Å². The number of thioether (sulfide) groups is 1. The molecule has 0 aliphatic heterocycles. The van der Waals surface area contributed by atoms with E-state index in [1.807, 2.05) is 42.9 Å². The fourth-order valence-electron chi connectivity index (χ4n) is 3.90. The molecule has 1 saturated carbocycles. The first-order chi connectivity index (χ1) is 14.0. The molecule has 1 unspecified atom stereocenters. The van der Waals surface area contributed by atoms with E-state index in [0.717, 1.165) is 51.2 Å². The molecule has 0 spiro atoms. The highest BCUT2D eigenvalue weighted by Gasteiger charge is 2.25. The number of nitrogens with one attached hydrogen (secondary N) is 1. The third-order valence-corrected chi connectivity index (χ3v) is 8.68. The van der Waals surface area contributed by atoms with Crippen LogP contribution in [0.2, 0.25) is 0 Å². The monoisotopic (exact) mass is 447 g/mol. The predicted molar refractivity (Wildman–Crippen MR) is 122 cm³/mol. The van der Waals surface area contributed by atoms with Gasteiger partial charge in [0.2, 0.25) is 5.91 Å². The van der Waals surface area contributed by atoms with E-state index < -0.39 is 0 Å². The van der Waals surface area contributed by atoms with Gasteiger partial charge in [-0.25, -0.2) is 4.98 Å². The normalized spacial score (nSPS) is 15.8. The van der Waals surface area contributed by atoms with E-state index in [1.54, 1.807) is 22.7 Å². The van der Waals surface area contributed by atoms with Gasteiger partial charge < -0.3 is 5.32 Å². The van der Waals surface area contributed by atoms with Gasteiger partial charge in [0.05, 0.1) is 17.2 Å². The summed E-state index contributed by atoms with van der Waals surface area (Å²) in [5, 5.41) is 6.48. The molecular weight excluding hydrogens is 422 g/mol. The van der Waals surface area contributed by atoms with Gasteiger partial charge in [-0.3, -0.25) is 14.2 Å². The number of hydrogen-bond donors (Lipinski definition) is 1. The van der Waals surface area contributed by atoms with Crippen molar-refractivity contribution < 1.29 is 4.79 Å². The van der Waals surface area contributed by atoms with Gasteiger partial charge in [-0.05, 0) is 50.6 Å². The van der Waals surface area contributed by atoms with E-state index >= 15 is 0 Å². The lowest BCUT2D eigenvalue weighted by molar-refractivity contribution is -0.119. The molecule has 3 aromatic heterocycles. The lowest BCUT2D eigenvalue weighted by Gasteiger charge is -2.18. The van der Waals surface area contributed by atoms with Crippen molar-refractivity contribution in [3.05, 3.63) is 43.2 Å². The molecule has 1 aliphatic rings. The summed E-state index contributed by atoms with van der Waals surface area (Å²) < 4.78 is 1.87. The molecule has 5 nitrogen and oxygen atoms in total. The summed E-state index contributed by atoms with van der Waals surface area (Å²) in [6, 6.07) is 4.19. The highest BCUT2D eigenvalue weighted by molar-refractivity contribution is 7.99. The van der Waals surface area contributed by atoms with Crippen molar-refractivity contribution in [1.82, 2.24) is 14.9 Å². The van der Waals surface area contributed by atoms with Crippen molar-refractivity contribution in [2.24, 2.45) is 0 Å². The zero-order valence-electron chi connectivity index (χ0n) is 16.9. The molecule has 0 radical (unpaired) electrons. The second kappa shape index (κ2) is 8.62. The molecular formula is C21H25N3O2S3. The Morgan fingerprint density at radius 2 is 2.14 bits per heavy atom. The van der Waals surface area contributed by atoms with Crippen LogP contribution in [0, 0.1) is 13.8 Å². The molecule has 154 valence electrons. The lowest BCUT2D eigenvalue weighted by Crippen LogP contribution is -2.29. The largest absolute Gasteiger partial charge is 0.348 e. The molecule has 1 atom stereocenters. The summed E-state index contributed by atoms with van der Waals surface area (Å²) in [5.74, 6) is 0.214. The summed E-state index contributed by atoms with van der Waals surface area (Å²) in [5.41, 5.74) is 1.09. The first kappa shape index (κ1) is 20.6. The molecule has 3 heterocycles. The quantitative estimate of drug-likeness (QED) is 0.416. The fourth-order valence-corrected chi connectivity index (χ4v) is 6.58. The van der Waals surface area contributed by atoms with Crippen molar-refractivity contribution in [2.45, 2.75) is 63.7 Å². The Hall–Kier alpha value is -1.64. The highest BCUT2D eigenvalue weighted by atomic mass is 32.2. The molecule has 1 amide bonds. The van der Waals surface area contributed by atoms with Gasteiger partial charge >= 0.3 is 0 Å². The molecule has 8 heteroatoms. The Labute approximate surface area is 182 Å². The van der Waals surface area contributed by atoms with E-state index in [9.17, 15) is 9.59 Å². The standard InChI is InChI=1S/C21H25N3O2S3/c1-12-14(3)29-19-18(12)20(26)24(15-7-4-5-8-15)21(23-19)28-11-17(25)22-13(2)16-9-6-10-27-16/h6,9-10,13,15H,4-5,7-8,11H2,1-3H3,(H,22,25). The number of fused-ring (bicyclic) bond motifs is 1. The Kier molecular flexibility index (Phi) is 6.13. The Morgan fingerprint density at radius 3 is 2.83 bits per heavy atom. The van der Waals surface area contributed by atoms with Gasteiger partial charge in [-0.15, -0.1) is 22.7 Å². The fraction of sp³-hybridized carbons (Fsp3) is 0.476. The molecule has 0 saturated heterocycles. The van der Waals surface area contributed by atoms with Crippen LogP contribution in [0.4, 0.5) is 0 Å². The van der Waals surface area contributed by atoms with Crippen molar-refractivity contribution in [1.29, 1.82) is 0 Å². The number of amides is 1. The molecule has 1 aliphatic carbocycles. The smallest absolute Gasteiger partial charge is 0.263 e. The average Bonchev–Trinajstić information content (AvgIpc) is 3.43. The highest BCUT2D eigenvalue weighted by Crippen LogP contribution is 2.34. The number of carbonyl (C=O) groups excluding carboxylic acids is 1. The minimum atomic E-state index is -0.0400. The van der Waals surface area contributed by atoms with Gasteiger partial charge in [-0.1, -0.05) is 30.7 Å². The van der Waals surface area contributed by atoms with Crippen LogP contribution in [0.1, 0.15) is 60.0 Å². The minimum Gasteiger partial charge on any atom is -0.348 e. The first-order valence-electron chi connectivity index (χ1n) is 9.93. The van der Waals surface area contributed by atoms with E-state index in [0.29, 0.717) is 5.16 Å². The number of aryl methyl sites for hydroxylation is 2. The van der Waals surface area contributed by atoms with Crippen LogP contribution in [0.5, 0.6) is 0 Å². The first-order valence-corrected chi connectivity index (χ1v) is 12.6. The number of carbonyl (C=O) groups is 1. The van der Waals surface area contributed by atoms with Crippen LogP contribution in [0.25, 0.3) is 10.2 Å². The van der Waals surface area contributed by atoms with Gasteiger partial charge in [0.25, 0.3) is 5.56 Å². The van der Waals surface area contributed by atoms with Crippen LogP contribution < -0.4 is 10.9 Å². The average molecular weight is 448 g/mol. The second-order valence-corrected chi connectivity index (χ2v) is 10.7. The van der Waals surface area contributed by atoms with Crippen LogP contribution in [-0.4, -0.2) is 21.2 Å². The Bertz CT molecular complexity index is 1080. The Balaban J connectivity index is 1.59. The molecule has 0 aromatic carbocycles. The summed E-state index contributed by atoms with van der Waals surface area (Å²) in [4.78, 5) is 33.8. The molecule has 1 fully saturated rings. The van der Waals surface area contributed by atoms with Crippen molar-refractivity contribution in [3.8, 4) is 0 Å². The maximum absolute atomic E-state index is 13.4. The van der Waals surface area contributed by atoms with Crippen LogP contribution >= 0.6 is 34.4 Å². The second-order valence-electron chi connectivity index (χ2n) is 7.56. The molecule has 1 N–H and O–H groups in total. The summed E-state index contributed by atoms with van der Waals surface area (Å²) >= 11 is 4.58. The van der Waals surface area contributed by atoms with E-state index in [1.165, 1.54) is 11.8 Å². The number of rotatable bonds is 6. The molecule has 4 rings (SSSR count). The van der Waals surface area contributed by atoms with Crippen LogP contribution in [0.3, 0.4) is 0 Å². The molecule has 3 aromatic rings. The number of nitrogens with zero attached hydrogens (tertiary/aromatic N) is 2. The maximum Gasteiger partial charge on any atom is 0.263 e. The summed E-state index contributed by atoms with van der Waals surface area (Å²) in [7, 11) is 0. The topological polar surface area (TPSA) is 64.0 Å². The third kappa shape index (κ3) is 4.15.